The predicted octanol–water partition coefficient (Wildman–Crippen LogP) is 4.30. The minimum absolute atomic E-state index is 0.292. The highest BCUT2D eigenvalue weighted by molar-refractivity contribution is 6.31. The van der Waals surface area contributed by atoms with Crippen molar-refractivity contribution in [2.75, 3.05) is 0 Å². The first-order chi connectivity index (χ1) is 11.0. The number of imidazole rings is 1. The first-order valence-electron chi connectivity index (χ1n) is 7.24. The SMILES string of the molecule is CC(O)Cn1c(COc2ccc(Cl)cc2)nc2cc(Cl)ccc21. The van der Waals surface area contributed by atoms with E-state index in [2.05, 4.69) is 4.98 Å². The van der Waals surface area contributed by atoms with Gasteiger partial charge in [-0.1, -0.05) is 23.2 Å². The van der Waals surface area contributed by atoms with E-state index in [0.29, 0.717) is 28.9 Å². The summed E-state index contributed by atoms with van der Waals surface area (Å²) in [6, 6.07) is 12.7. The molecule has 4 nitrogen and oxygen atoms in total. The maximum Gasteiger partial charge on any atom is 0.148 e. The van der Waals surface area contributed by atoms with E-state index in [1.54, 1.807) is 37.3 Å². The number of halogens is 2. The third-order valence-electron chi connectivity index (χ3n) is 3.42. The van der Waals surface area contributed by atoms with Crippen molar-refractivity contribution >= 4 is 34.2 Å². The molecule has 0 saturated carbocycles. The number of nitrogens with zero attached hydrogens (tertiary/aromatic N) is 2. The molecule has 1 aromatic heterocycles. The molecular formula is C17H16Cl2N2O2. The summed E-state index contributed by atoms with van der Waals surface area (Å²) in [4.78, 5) is 4.58. The second-order valence-electron chi connectivity index (χ2n) is 5.36. The normalized spacial score (nSPS) is 12.5. The van der Waals surface area contributed by atoms with Gasteiger partial charge in [-0.15, -0.1) is 0 Å². The molecule has 0 aliphatic heterocycles. The second kappa shape index (κ2) is 6.79. The number of hydrogen-bond donors (Lipinski definition) is 1. The summed E-state index contributed by atoms with van der Waals surface area (Å²) in [7, 11) is 0. The van der Waals surface area contributed by atoms with Crippen LogP contribution in [0.25, 0.3) is 11.0 Å². The Labute approximate surface area is 144 Å². The Bertz CT molecular complexity index is 813. The summed E-state index contributed by atoms with van der Waals surface area (Å²) >= 11 is 11.9. The van der Waals surface area contributed by atoms with Crippen LogP contribution in [0.15, 0.2) is 42.5 Å². The van der Waals surface area contributed by atoms with Gasteiger partial charge in [-0.3, -0.25) is 0 Å². The van der Waals surface area contributed by atoms with Gasteiger partial charge in [0.25, 0.3) is 0 Å². The summed E-state index contributed by atoms with van der Waals surface area (Å²) in [5.41, 5.74) is 1.71. The summed E-state index contributed by atoms with van der Waals surface area (Å²) < 4.78 is 7.72. The summed E-state index contributed by atoms with van der Waals surface area (Å²) in [6.07, 6.45) is -0.489. The van der Waals surface area contributed by atoms with E-state index in [1.165, 1.54) is 0 Å². The highest BCUT2D eigenvalue weighted by Crippen LogP contribution is 2.23. The van der Waals surface area contributed by atoms with Crippen LogP contribution in [-0.2, 0) is 13.2 Å². The van der Waals surface area contributed by atoms with E-state index in [1.807, 2.05) is 16.7 Å². The van der Waals surface area contributed by atoms with Crippen LogP contribution in [0.2, 0.25) is 10.0 Å². The molecular weight excluding hydrogens is 335 g/mol. The number of fused-ring (bicyclic) bond motifs is 1. The second-order valence-corrected chi connectivity index (χ2v) is 6.24. The van der Waals surface area contributed by atoms with Crippen LogP contribution in [0.3, 0.4) is 0 Å². The molecule has 23 heavy (non-hydrogen) atoms. The molecule has 0 spiro atoms. The van der Waals surface area contributed by atoms with Gasteiger partial charge in [0, 0.05) is 10.0 Å². The molecule has 0 bridgehead atoms. The number of rotatable bonds is 5. The predicted molar refractivity (Wildman–Crippen MR) is 92.2 cm³/mol. The molecule has 0 radical (unpaired) electrons. The van der Waals surface area contributed by atoms with Crippen LogP contribution in [-0.4, -0.2) is 20.8 Å². The number of aliphatic hydroxyl groups excluding tert-OH is 1. The Morgan fingerprint density at radius 2 is 1.83 bits per heavy atom. The van der Waals surface area contributed by atoms with Crippen molar-refractivity contribution in [3.8, 4) is 5.75 Å². The van der Waals surface area contributed by atoms with E-state index in [-0.39, 0.29) is 0 Å². The molecule has 3 aromatic rings. The highest BCUT2D eigenvalue weighted by atomic mass is 35.5. The fourth-order valence-corrected chi connectivity index (χ4v) is 2.70. The minimum atomic E-state index is -0.489. The molecule has 3 rings (SSSR count). The van der Waals surface area contributed by atoms with Crippen LogP contribution in [0.5, 0.6) is 5.75 Å². The van der Waals surface area contributed by atoms with Crippen molar-refractivity contribution < 1.29 is 9.84 Å². The van der Waals surface area contributed by atoms with Crippen molar-refractivity contribution in [3.63, 3.8) is 0 Å². The van der Waals surface area contributed by atoms with Gasteiger partial charge in [0.1, 0.15) is 18.2 Å². The lowest BCUT2D eigenvalue weighted by atomic mass is 10.3. The molecule has 0 saturated heterocycles. The molecule has 1 unspecified atom stereocenters. The van der Waals surface area contributed by atoms with Crippen molar-refractivity contribution in [2.24, 2.45) is 0 Å². The van der Waals surface area contributed by atoms with Gasteiger partial charge in [0.05, 0.1) is 23.7 Å². The maximum absolute atomic E-state index is 9.75. The molecule has 0 aliphatic carbocycles. The summed E-state index contributed by atoms with van der Waals surface area (Å²) in [6.45, 7) is 2.48. The maximum atomic E-state index is 9.75. The zero-order valence-electron chi connectivity index (χ0n) is 12.5. The number of hydrogen-bond acceptors (Lipinski definition) is 3. The smallest absolute Gasteiger partial charge is 0.148 e. The lowest BCUT2D eigenvalue weighted by molar-refractivity contribution is 0.171. The Hall–Kier alpha value is -1.75. The molecule has 0 fully saturated rings. The van der Waals surface area contributed by atoms with E-state index in [9.17, 15) is 5.11 Å². The topological polar surface area (TPSA) is 47.3 Å². The van der Waals surface area contributed by atoms with Crippen molar-refractivity contribution in [2.45, 2.75) is 26.2 Å². The Balaban J connectivity index is 1.90. The molecule has 0 aliphatic rings. The summed E-state index contributed by atoms with van der Waals surface area (Å²) in [5, 5.41) is 11.0. The zero-order valence-corrected chi connectivity index (χ0v) is 14.1. The van der Waals surface area contributed by atoms with Gasteiger partial charge in [-0.05, 0) is 49.4 Å². The monoisotopic (exact) mass is 350 g/mol. The third-order valence-corrected chi connectivity index (χ3v) is 3.90. The van der Waals surface area contributed by atoms with Crippen LogP contribution in [0, 0.1) is 0 Å². The lowest BCUT2D eigenvalue weighted by Gasteiger charge is -2.12. The molecule has 1 atom stereocenters. The fraction of sp³-hybridized carbons (Fsp3) is 0.235. The third kappa shape index (κ3) is 3.78. The number of ether oxygens (including phenoxy) is 1. The van der Waals surface area contributed by atoms with Gasteiger partial charge >= 0.3 is 0 Å². The van der Waals surface area contributed by atoms with Gasteiger partial charge < -0.3 is 14.4 Å². The molecule has 6 heteroatoms. The van der Waals surface area contributed by atoms with E-state index in [0.717, 1.165) is 16.9 Å². The van der Waals surface area contributed by atoms with Gasteiger partial charge in [-0.2, -0.15) is 0 Å². The van der Waals surface area contributed by atoms with Crippen molar-refractivity contribution in [3.05, 3.63) is 58.3 Å². The van der Waals surface area contributed by atoms with Gasteiger partial charge in [0.15, 0.2) is 0 Å². The lowest BCUT2D eigenvalue weighted by Crippen LogP contribution is -2.15. The Morgan fingerprint density at radius 1 is 1.13 bits per heavy atom. The molecule has 1 heterocycles. The first kappa shape index (κ1) is 16.1. The van der Waals surface area contributed by atoms with Crippen LogP contribution >= 0.6 is 23.2 Å². The Kier molecular flexibility index (Phi) is 4.76. The highest BCUT2D eigenvalue weighted by Gasteiger charge is 2.13. The van der Waals surface area contributed by atoms with E-state index >= 15 is 0 Å². The quantitative estimate of drug-likeness (QED) is 0.745. The van der Waals surface area contributed by atoms with Crippen molar-refractivity contribution in [1.82, 2.24) is 9.55 Å². The summed E-state index contributed by atoms with van der Waals surface area (Å²) in [5.74, 6) is 1.45. The Morgan fingerprint density at radius 3 is 2.52 bits per heavy atom. The van der Waals surface area contributed by atoms with Crippen LogP contribution in [0.4, 0.5) is 0 Å². The molecule has 2 aromatic carbocycles. The minimum Gasteiger partial charge on any atom is -0.486 e. The first-order valence-corrected chi connectivity index (χ1v) is 7.99. The number of benzene rings is 2. The molecule has 1 N–H and O–H groups in total. The molecule has 0 amide bonds. The average molecular weight is 351 g/mol. The zero-order chi connectivity index (χ0) is 16.4. The fourth-order valence-electron chi connectivity index (χ4n) is 2.41. The number of aromatic nitrogens is 2. The number of aliphatic hydroxyl groups is 1. The van der Waals surface area contributed by atoms with Crippen molar-refractivity contribution in [1.29, 1.82) is 0 Å². The standard InChI is InChI=1S/C17H16Cl2N2O2/c1-11(22)9-21-16-7-4-13(19)8-15(16)20-17(21)10-23-14-5-2-12(18)3-6-14/h2-8,11,22H,9-10H2,1H3. The molecule has 120 valence electrons. The van der Waals surface area contributed by atoms with Gasteiger partial charge in [-0.25, -0.2) is 4.98 Å². The average Bonchev–Trinajstić information content (AvgIpc) is 2.83. The largest absolute Gasteiger partial charge is 0.486 e. The van der Waals surface area contributed by atoms with Crippen LogP contribution in [0.1, 0.15) is 12.7 Å². The van der Waals surface area contributed by atoms with Gasteiger partial charge in [0.2, 0.25) is 0 Å². The van der Waals surface area contributed by atoms with Crippen LogP contribution < -0.4 is 4.74 Å². The van der Waals surface area contributed by atoms with E-state index in [4.69, 9.17) is 27.9 Å². The van der Waals surface area contributed by atoms with E-state index < -0.39 is 6.10 Å².